The summed E-state index contributed by atoms with van der Waals surface area (Å²) in [4.78, 5) is 14.1. The number of aliphatic imine (C=N–C) groups is 1. The molecule has 4 nitrogen and oxygen atoms in total. The second-order valence-corrected chi connectivity index (χ2v) is 8.75. The Morgan fingerprint density at radius 1 is 1.26 bits per heavy atom. The van der Waals surface area contributed by atoms with E-state index in [0.717, 1.165) is 18.7 Å². The Balaban J connectivity index is 1.71. The molecule has 0 amide bonds. The lowest BCUT2D eigenvalue weighted by Gasteiger charge is -2.27. The minimum Gasteiger partial charge on any atom is -0.366 e. The van der Waals surface area contributed by atoms with E-state index in [0.29, 0.717) is 5.92 Å². The molecule has 1 aliphatic rings. The van der Waals surface area contributed by atoms with Gasteiger partial charge in [-0.15, -0.1) is 11.3 Å². The third kappa shape index (κ3) is 5.17. The molecule has 1 aromatic carbocycles. The maximum atomic E-state index is 4.98. The summed E-state index contributed by atoms with van der Waals surface area (Å²) in [5.74, 6) is 0.640. The summed E-state index contributed by atoms with van der Waals surface area (Å²) in [5, 5.41) is 3.51. The Kier molecular flexibility index (Phi) is 6.66. The van der Waals surface area contributed by atoms with Crippen LogP contribution in [0, 0.1) is 13.8 Å². The monoisotopic (exact) mass is 384 g/mol. The second kappa shape index (κ2) is 8.98. The first-order chi connectivity index (χ1) is 13.0. The summed E-state index contributed by atoms with van der Waals surface area (Å²) in [5.41, 5.74) is 6.25. The molecule has 3 rings (SSSR count). The van der Waals surface area contributed by atoms with Gasteiger partial charge < -0.3 is 9.80 Å². The van der Waals surface area contributed by atoms with Crippen LogP contribution in [-0.4, -0.2) is 54.9 Å². The molecule has 27 heavy (non-hydrogen) atoms. The van der Waals surface area contributed by atoms with E-state index >= 15 is 0 Å². The average molecular weight is 385 g/mol. The summed E-state index contributed by atoms with van der Waals surface area (Å²) in [6.07, 6.45) is 5.30. The number of likely N-dealkylation sites (tertiary alicyclic amines) is 1. The van der Waals surface area contributed by atoms with Crippen LogP contribution >= 0.6 is 11.3 Å². The Bertz CT molecular complexity index is 788. The Morgan fingerprint density at radius 3 is 2.70 bits per heavy atom. The van der Waals surface area contributed by atoms with Crippen LogP contribution in [0.15, 0.2) is 22.5 Å². The zero-order valence-electron chi connectivity index (χ0n) is 17.3. The van der Waals surface area contributed by atoms with Crippen molar-refractivity contribution in [1.82, 2.24) is 14.8 Å². The van der Waals surface area contributed by atoms with Crippen molar-refractivity contribution in [2.45, 2.75) is 46.0 Å². The molecule has 1 saturated heterocycles. The Hall–Kier alpha value is -1.72. The van der Waals surface area contributed by atoms with Crippen LogP contribution < -0.4 is 0 Å². The fourth-order valence-corrected chi connectivity index (χ4v) is 4.39. The first-order valence-electron chi connectivity index (χ1n) is 9.93. The highest BCUT2D eigenvalue weighted by atomic mass is 32.1. The van der Waals surface area contributed by atoms with Gasteiger partial charge in [-0.05, 0) is 76.5 Å². The summed E-state index contributed by atoms with van der Waals surface area (Å²) < 4.78 is 0. The van der Waals surface area contributed by atoms with Crippen LogP contribution in [0.1, 0.15) is 53.1 Å². The van der Waals surface area contributed by atoms with Crippen LogP contribution in [-0.2, 0) is 6.42 Å². The molecule has 5 heteroatoms. The maximum Gasteiger partial charge on any atom is 0.0972 e. The molecule has 0 atom stereocenters. The van der Waals surface area contributed by atoms with Crippen LogP contribution in [0.2, 0.25) is 0 Å². The van der Waals surface area contributed by atoms with Gasteiger partial charge in [-0.3, -0.25) is 0 Å². The predicted molar refractivity (Wildman–Crippen MR) is 117 cm³/mol. The molecular weight excluding hydrogens is 352 g/mol. The molecule has 0 spiro atoms. The van der Waals surface area contributed by atoms with Crippen molar-refractivity contribution in [3.05, 3.63) is 44.9 Å². The number of benzene rings is 1. The zero-order chi connectivity index (χ0) is 19.4. The topological polar surface area (TPSA) is 31.7 Å². The molecule has 1 aliphatic heterocycles. The third-order valence-electron chi connectivity index (χ3n) is 5.60. The number of hydrogen-bond donors (Lipinski definition) is 0. The van der Waals surface area contributed by atoms with E-state index in [1.807, 2.05) is 24.7 Å². The minimum atomic E-state index is 0.640. The summed E-state index contributed by atoms with van der Waals surface area (Å²) in [6.45, 7) is 9.79. The van der Waals surface area contributed by atoms with E-state index in [-0.39, 0.29) is 0 Å². The number of rotatable bonds is 6. The number of thiazole rings is 1. The molecule has 1 fully saturated rings. The summed E-state index contributed by atoms with van der Waals surface area (Å²) in [6, 6.07) is 4.49. The van der Waals surface area contributed by atoms with Gasteiger partial charge in [0.15, 0.2) is 0 Å². The number of piperidine rings is 1. The van der Waals surface area contributed by atoms with Crippen LogP contribution in [0.5, 0.6) is 0 Å². The first-order valence-corrected chi connectivity index (χ1v) is 10.8. The lowest BCUT2D eigenvalue weighted by molar-refractivity contribution is 0.253. The molecule has 1 aromatic heterocycles. The van der Waals surface area contributed by atoms with Crippen molar-refractivity contribution in [2.24, 2.45) is 4.99 Å². The van der Waals surface area contributed by atoms with Crippen LogP contribution in [0.3, 0.4) is 0 Å². The molecule has 0 N–H and O–H groups in total. The normalized spacial score (nSPS) is 16.3. The second-order valence-electron chi connectivity index (χ2n) is 7.80. The summed E-state index contributed by atoms with van der Waals surface area (Å²) >= 11 is 1.81. The first kappa shape index (κ1) is 20.0. The fourth-order valence-electron chi connectivity index (χ4n) is 3.49. The van der Waals surface area contributed by atoms with Gasteiger partial charge in [-0.25, -0.2) is 9.98 Å². The quantitative estimate of drug-likeness (QED) is 0.531. The van der Waals surface area contributed by atoms with Gasteiger partial charge in [0.25, 0.3) is 0 Å². The zero-order valence-corrected chi connectivity index (χ0v) is 18.1. The van der Waals surface area contributed by atoms with Gasteiger partial charge in [0.2, 0.25) is 0 Å². The molecule has 0 aliphatic carbocycles. The van der Waals surface area contributed by atoms with Crippen LogP contribution in [0.25, 0.3) is 0 Å². The molecule has 2 aromatic rings. The fraction of sp³-hybridized carbons (Fsp3) is 0.545. The number of aromatic nitrogens is 1. The van der Waals surface area contributed by atoms with Gasteiger partial charge in [-0.2, -0.15) is 0 Å². The highest BCUT2D eigenvalue weighted by molar-refractivity contribution is 7.09. The maximum absolute atomic E-state index is 4.98. The molecule has 146 valence electrons. The number of hydrogen-bond acceptors (Lipinski definition) is 4. The van der Waals surface area contributed by atoms with Gasteiger partial charge in [-0.1, -0.05) is 6.07 Å². The average Bonchev–Trinajstić information content (AvgIpc) is 3.12. The van der Waals surface area contributed by atoms with E-state index in [4.69, 9.17) is 4.98 Å². The molecular formula is C22H32N4S. The van der Waals surface area contributed by atoms with E-state index in [2.05, 4.69) is 60.1 Å². The van der Waals surface area contributed by atoms with Crippen molar-refractivity contribution in [1.29, 1.82) is 0 Å². The Morgan fingerprint density at radius 2 is 2.00 bits per heavy atom. The van der Waals surface area contributed by atoms with E-state index < -0.39 is 0 Å². The molecule has 0 saturated carbocycles. The van der Waals surface area contributed by atoms with Gasteiger partial charge in [0.1, 0.15) is 0 Å². The molecule has 0 bridgehead atoms. The lowest BCUT2D eigenvalue weighted by Crippen LogP contribution is -2.29. The van der Waals surface area contributed by atoms with Crippen molar-refractivity contribution in [3.8, 4) is 0 Å². The molecule has 0 radical (unpaired) electrons. The van der Waals surface area contributed by atoms with Gasteiger partial charge in [0.05, 0.1) is 22.7 Å². The highest BCUT2D eigenvalue weighted by Gasteiger charge is 2.20. The largest absolute Gasteiger partial charge is 0.366 e. The van der Waals surface area contributed by atoms with E-state index in [9.17, 15) is 0 Å². The highest BCUT2D eigenvalue weighted by Crippen LogP contribution is 2.30. The summed E-state index contributed by atoms with van der Waals surface area (Å²) in [7, 11) is 4.26. The SMILES string of the molecule is CCN(C)C=Nc1cc(C)c(Cc2nc(C3CCN(C)CC3)cs2)cc1C. The van der Waals surface area contributed by atoms with Crippen molar-refractivity contribution < 1.29 is 0 Å². The minimum absolute atomic E-state index is 0.640. The van der Waals surface area contributed by atoms with Crippen molar-refractivity contribution in [3.63, 3.8) is 0 Å². The van der Waals surface area contributed by atoms with Gasteiger partial charge >= 0.3 is 0 Å². The van der Waals surface area contributed by atoms with Crippen molar-refractivity contribution >= 4 is 23.4 Å². The third-order valence-corrected chi connectivity index (χ3v) is 6.46. The lowest BCUT2D eigenvalue weighted by atomic mass is 9.94. The van der Waals surface area contributed by atoms with Gasteiger partial charge in [0, 0.05) is 31.3 Å². The van der Waals surface area contributed by atoms with Crippen molar-refractivity contribution in [2.75, 3.05) is 33.7 Å². The standard InChI is InChI=1S/C22H32N4S/c1-6-25(4)15-23-20-12-16(2)19(11-17(20)3)13-22-24-21(14-27-22)18-7-9-26(5)10-8-18/h11-12,14-15,18H,6-10,13H2,1-5H3. The molecule has 0 unspecified atom stereocenters. The number of nitrogens with zero attached hydrogens (tertiary/aromatic N) is 4. The molecule has 2 heterocycles. The van der Waals surface area contributed by atoms with E-state index in [1.165, 1.54) is 53.3 Å². The van der Waals surface area contributed by atoms with E-state index in [1.54, 1.807) is 0 Å². The smallest absolute Gasteiger partial charge is 0.0972 e. The predicted octanol–water partition coefficient (Wildman–Crippen LogP) is 4.77. The number of aryl methyl sites for hydroxylation is 2. The van der Waals surface area contributed by atoms with Crippen LogP contribution in [0.4, 0.5) is 5.69 Å². The Labute approximate surface area is 168 Å².